The van der Waals surface area contributed by atoms with Crippen LogP contribution < -0.4 is 5.32 Å². The molecule has 0 aromatic heterocycles. The first-order valence-electron chi connectivity index (χ1n) is 10.6. The summed E-state index contributed by atoms with van der Waals surface area (Å²) in [6.07, 6.45) is 13.6. The molecule has 0 aliphatic heterocycles. The molecule has 23 heavy (non-hydrogen) atoms. The van der Waals surface area contributed by atoms with E-state index < -0.39 is 0 Å². The van der Waals surface area contributed by atoms with Gasteiger partial charge < -0.3 is 10.4 Å². The van der Waals surface area contributed by atoms with Gasteiger partial charge in [-0.2, -0.15) is 0 Å². The molecule has 2 atom stereocenters. The molecule has 2 N–H and O–H groups in total. The molecule has 0 aromatic rings. The van der Waals surface area contributed by atoms with E-state index in [0.29, 0.717) is 12.0 Å². The van der Waals surface area contributed by atoms with E-state index in [2.05, 4.69) is 39.9 Å². The Kier molecular flexibility index (Phi) is 15.4. The summed E-state index contributed by atoms with van der Waals surface area (Å²) in [6.45, 7) is 12.3. The van der Waals surface area contributed by atoms with Gasteiger partial charge in [0, 0.05) is 6.04 Å². The van der Waals surface area contributed by atoms with Crippen LogP contribution in [0.25, 0.3) is 0 Å². The van der Waals surface area contributed by atoms with Gasteiger partial charge in [-0.05, 0) is 31.2 Å². The summed E-state index contributed by atoms with van der Waals surface area (Å²) >= 11 is 0. The van der Waals surface area contributed by atoms with Crippen molar-refractivity contribution in [3.63, 3.8) is 0 Å². The zero-order valence-corrected chi connectivity index (χ0v) is 16.7. The minimum Gasteiger partial charge on any atom is -0.393 e. The predicted octanol–water partition coefficient (Wildman–Crippen LogP) is 5.93. The maximum atomic E-state index is 10.3. The quantitative estimate of drug-likeness (QED) is 0.344. The van der Waals surface area contributed by atoms with Gasteiger partial charge in [0.1, 0.15) is 0 Å². The van der Waals surface area contributed by atoms with E-state index in [1.54, 1.807) is 0 Å². The lowest BCUT2D eigenvalue weighted by Gasteiger charge is -2.28. The van der Waals surface area contributed by atoms with Crippen molar-refractivity contribution in [3.8, 4) is 0 Å². The predicted molar refractivity (Wildman–Crippen MR) is 104 cm³/mol. The lowest BCUT2D eigenvalue weighted by Crippen LogP contribution is -2.38. The zero-order valence-electron chi connectivity index (χ0n) is 16.7. The van der Waals surface area contributed by atoms with Crippen LogP contribution in [0, 0.1) is 11.8 Å². The largest absolute Gasteiger partial charge is 0.393 e. The number of hydrogen-bond acceptors (Lipinski definition) is 2. The Morgan fingerprint density at radius 3 is 1.78 bits per heavy atom. The second-order valence-electron chi connectivity index (χ2n) is 7.27. The second kappa shape index (κ2) is 15.4. The highest BCUT2D eigenvalue weighted by atomic mass is 16.3. The van der Waals surface area contributed by atoms with E-state index in [-0.39, 0.29) is 6.10 Å². The minimum atomic E-state index is -0.135. The number of aliphatic hydroxyl groups excluding tert-OH is 1. The molecule has 0 radical (unpaired) electrons. The van der Waals surface area contributed by atoms with Crippen molar-refractivity contribution in [3.05, 3.63) is 0 Å². The Morgan fingerprint density at radius 2 is 1.26 bits per heavy atom. The summed E-state index contributed by atoms with van der Waals surface area (Å²) < 4.78 is 0. The van der Waals surface area contributed by atoms with Crippen molar-refractivity contribution in [2.24, 2.45) is 11.8 Å². The fourth-order valence-corrected chi connectivity index (χ4v) is 3.82. The van der Waals surface area contributed by atoms with Crippen LogP contribution in [0.1, 0.15) is 105 Å². The van der Waals surface area contributed by atoms with Crippen molar-refractivity contribution in [1.29, 1.82) is 0 Å². The SMILES string of the molecule is CCCCCCCC(NCCC(O)C(CC)CC)C(CC)CC. The Labute approximate surface area is 146 Å². The molecule has 0 rings (SSSR count). The van der Waals surface area contributed by atoms with E-state index >= 15 is 0 Å². The molecule has 0 heterocycles. The van der Waals surface area contributed by atoms with E-state index in [4.69, 9.17) is 0 Å². The zero-order chi connectivity index (χ0) is 17.5. The van der Waals surface area contributed by atoms with E-state index in [1.807, 2.05) is 0 Å². The molecule has 0 saturated heterocycles. The highest BCUT2D eigenvalue weighted by molar-refractivity contribution is 4.76. The third kappa shape index (κ3) is 10.4. The van der Waals surface area contributed by atoms with Gasteiger partial charge in [-0.1, -0.05) is 92.4 Å². The Morgan fingerprint density at radius 1 is 0.696 bits per heavy atom. The molecule has 140 valence electrons. The number of aliphatic hydroxyl groups is 1. The molecule has 2 nitrogen and oxygen atoms in total. The Hall–Kier alpha value is -0.0800. The molecular weight excluding hydrogens is 282 g/mol. The van der Waals surface area contributed by atoms with Crippen LogP contribution in [0.2, 0.25) is 0 Å². The third-order valence-electron chi connectivity index (χ3n) is 5.68. The summed E-state index contributed by atoms with van der Waals surface area (Å²) in [5.41, 5.74) is 0. The Bertz CT molecular complexity index is 236. The molecule has 0 aromatic carbocycles. The van der Waals surface area contributed by atoms with Crippen molar-refractivity contribution in [1.82, 2.24) is 5.32 Å². The van der Waals surface area contributed by atoms with Gasteiger partial charge in [-0.25, -0.2) is 0 Å². The number of nitrogens with one attached hydrogen (secondary N) is 1. The van der Waals surface area contributed by atoms with Crippen LogP contribution >= 0.6 is 0 Å². The smallest absolute Gasteiger partial charge is 0.0580 e. The van der Waals surface area contributed by atoms with Crippen LogP contribution in [0.4, 0.5) is 0 Å². The molecule has 0 fully saturated rings. The van der Waals surface area contributed by atoms with E-state index in [1.165, 1.54) is 51.4 Å². The van der Waals surface area contributed by atoms with Gasteiger partial charge in [0.05, 0.1) is 6.10 Å². The summed E-state index contributed by atoms with van der Waals surface area (Å²) in [5.74, 6) is 1.25. The van der Waals surface area contributed by atoms with Crippen molar-refractivity contribution in [2.75, 3.05) is 6.54 Å². The summed E-state index contributed by atoms with van der Waals surface area (Å²) in [7, 11) is 0. The maximum Gasteiger partial charge on any atom is 0.0580 e. The fraction of sp³-hybridized carbons (Fsp3) is 1.00. The van der Waals surface area contributed by atoms with Crippen molar-refractivity contribution >= 4 is 0 Å². The fourth-order valence-electron chi connectivity index (χ4n) is 3.82. The minimum absolute atomic E-state index is 0.135. The first-order chi connectivity index (χ1) is 11.1. The molecule has 0 aliphatic carbocycles. The summed E-state index contributed by atoms with van der Waals surface area (Å²) in [5, 5.41) is 14.1. The van der Waals surface area contributed by atoms with Crippen molar-refractivity contribution < 1.29 is 5.11 Å². The van der Waals surface area contributed by atoms with Gasteiger partial charge in [0.2, 0.25) is 0 Å². The van der Waals surface area contributed by atoms with Crippen LogP contribution in [0.15, 0.2) is 0 Å². The normalized spacial score (nSPS) is 14.6. The molecule has 0 saturated carbocycles. The van der Waals surface area contributed by atoms with Gasteiger partial charge in [-0.3, -0.25) is 0 Å². The van der Waals surface area contributed by atoms with Crippen LogP contribution in [-0.2, 0) is 0 Å². The monoisotopic (exact) mass is 327 g/mol. The van der Waals surface area contributed by atoms with E-state index in [9.17, 15) is 5.11 Å². The number of unbranched alkanes of at least 4 members (excludes halogenated alkanes) is 4. The van der Waals surface area contributed by atoms with Gasteiger partial charge in [-0.15, -0.1) is 0 Å². The first-order valence-corrected chi connectivity index (χ1v) is 10.6. The summed E-state index contributed by atoms with van der Waals surface area (Å²) in [4.78, 5) is 0. The molecule has 0 spiro atoms. The van der Waals surface area contributed by atoms with Gasteiger partial charge in [0.15, 0.2) is 0 Å². The molecule has 2 heteroatoms. The average Bonchev–Trinajstić information content (AvgIpc) is 2.56. The number of hydrogen-bond donors (Lipinski definition) is 2. The maximum absolute atomic E-state index is 10.3. The lowest BCUT2D eigenvalue weighted by molar-refractivity contribution is 0.0922. The van der Waals surface area contributed by atoms with Gasteiger partial charge in [0.25, 0.3) is 0 Å². The average molecular weight is 328 g/mol. The highest BCUT2D eigenvalue weighted by Gasteiger charge is 2.19. The standard InChI is InChI=1S/C21H45NO/c1-6-11-12-13-14-15-20(18(7-2)8-3)22-17-16-21(23)19(9-4)10-5/h18-23H,6-17H2,1-5H3. The molecule has 2 unspecified atom stereocenters. The van der Waals surface area contributed by atoms with Crippen LogP contribution in [0.3, 0.4) is 0 Å². The Balaban J connectivity index is 4.19. The number of rotatable bonds is 16. The molecule has 0 bridgehead atoms. The van der Waals surface area contributed by atoms with Gasteiger partial charge >= 0.3 is 0 Å². The lowest BCUT2D eigenvalue weighted by atomic mass is 9.89. The molecular formula is C21H45NO. The topological polar surface area (TPSA) is 32.3 Å². The molecule has 0 aliphatic rings. The van der Waals surface area contributed by atoms with Crippen molar-refractivity contribution in [2.45, 2.75) is 117 Å². The first kappa shape index (κ1) is 22.9. The molecule has 0 amide bonds. The third-order valence-corrected chi connectivity index (χ3v) is 5.68. The van der Waals surface area contributed by atoms with Crippen LogP contribution in [0.5, 0.6) is 0 Å². The van der Waals surface area contributed by atoms with E-state index in [0.717, 1.165) is 31.7 Å². The highest BCUT2D eigenvalue weighted by Crippen LogP contribution is 2.20. The van der Waals surface area contributed by atoms with Crippen LogP contribution in [-0.4, -0.2) is 23.8 Å². The summed E-state index contributed by atoms with van der Waals surface area (Å²) in [6, 6.07) is 0.639. The second-order valence-corrected chi connectivity index (χ2v) is 7.27.